The van der Waals surface area contributed by atoms with E-state index in [1.165, 1.54) is 0 Å². The second kappa shape index (κ2) is 6.56. The Balaban J connectivity index is 1.72. The smallest absolute Gasteiger partial charge is 0.252 e. The lowest BCUT2D eigenvalue weighted by Gasteiger charge is -2.10. The van der Waals surface area contributed by atoms with Crippen molar-refractivity contribution in [2.24, 2.45) is 0 Å². The molecule has 0 bridgehead atoms. The Kier molecular flexibility index (Phi) is 4.32. The van der Waals surface area contributed by atoms with Gasteiger partial charge in [-0.05, 0) is 31.9 Å². The third-order valence-corrected chi connectivity index (χ3v) is 3.76. The third kappa shape index (κ3) is 3.36. The van der Waals surface area contributed by atoms with Crippen LogP contribution in [0.3, 0.4) is 0 Å². The summed E-state index contributed by atoms with van der Waals surface area (Å²) in [4.78, 5) is 17.1. The molecule has 0 unspecified atom stereocenters. The molecule has 0 aliphatic heterocycles. The van der Waals surface area contributed by atoms with E-state index in [2.05, 4.69) is 20.5 Å². The second-order valence-electron chi connectivity index (χ2n) is 5.59. The fourth-order valence-corrected chi connectivity index (χ4v) is 2.60. The van der Waals surface area contributed by atoms with E-state index in [0.29, 0.717) is 12.1 Å². The number of aryl methyl sites for hydroxylation is 3. The van der Waals surface area contributed by atoms with E-state index >= 15 is 0 Å². The first-order valence-corrected chi connectivity index (χ1v) is 7.63. The molecule has 0 aliphatic carbocycles. The maximum atomic E-state index is 12.5. The monoisotopic (exact) mass is 309 g/mol. The van der Waals surface area contributed by atoms with E-state index in [1.54, 1.807) is 12.7 Å². The van der Waals surface area contributed by atoms with E-state index in [1.807, 2.05) is 42.7 Å². The van der Waals surface area contributed by atoms with Crippen molar-refractivity contribution in [3.05, 3.63) is 53.7 Å². The molecule has 0 spiro atoms. The summed E-state index contributed by atoms with van der Waals surface area (Å²) >= 11 is 0. The van der Waals surface area contributed by atoms with Crippen molar-refractivity contribution in [2.45, 2.75) is 26.8 Å². The highest BCUT2D eigenvalue weighted by Gasteiger charge is 2.12. The molecule has 3 rings (SSSR count). The number of nitrogens with one attached hydrogen (secondary N) is 1. The van der Waals surface area contributed by atoms with Crippen molar-refractivity contribution in [3.63, 3.8) is 0 Å². The number of amides is 1. The number of fused-ring (bicyclic) bond motifs is 1. The molecule has 0 saturated heterocycles. The van der Waals surface area contributed by atoms with Gasteiger partial charge in [0.15, 0.2) is 0 Å². The van der Waals surface area contributed by atoms with Crippen LogP contribution in [0.1, 0.15) is 28.0 Å². The number of nitrogens with zero attached hydrogens (tertiary/aromatic N) is 4. The lowest BCUT2D eigenvalue weighted by molar-refractivity contribution is 0.0954. The first kappa shape index (κ1) is 15.1. The lowest BCUT2D eigenvalue weighted by Crippen LogP contribution is -2.25. The standard InChI is InChI=1S/C17H19N5O/c1-12-5-3-6-14-15(9-13(2)21-16(12)14)17(23)18-7-4-8-22-10-19-20-11-22/h3,5-6,9-11H,4,7-8H2,1-2H3,(H,18,23). The fourth-order valence-electron chi connectivity index (χ4n) is 2.60. The summed E-state index contributed by atoms with van der Waals surface area (Å²) in [6, 6.07) is 7.75. The van der Waals surface area contributed by atoms with Crippen molar-refractivity contribution in [2.75, 3.05) is 6.54 Å². The van der Waals surface area contributed by atoms with Gasteiger partial charge in [-0.2, -0.15) is 0 Å². The first-order chi connectivity index (χ1) is 11.1. The molecule has 0 atom stereocenters. The van der Waals surface area contributed by atoms with E-state index in [-0.39, 0.29) is 5.91 Å². The summed E-state index contributed by atoms with van der Waals surface area (Å²) in [5.74, 6) is -0.0603. The van der Waals surface area contributed by atoms with Gasteiger partial charge in [0.25, 0.3) is 5.91 Å². The topological polar surface area (TPSA) is 72.7 Å². The molecule has 6 heteroatoms. The Morgan fingerprint density at radius 3 is 2.78 bits per heavy atom. The number of para-hydroxylation sites is 1. The molecule has 1 N–H and O–H groups in total. The van der Waals surface area contributed by atoms with Gasteiger partial charge < -0.3 is 9.88 Å². The van der Waals surface area contributed by atoms with Crippen molar-refractivity contribution in [1.82, 2.24) is 25.1 Å². The number of carbonyl (C=O) groups is 1. The maximum Gasteiger partial charge on any atom is 0.252 e. The van der Waals surface area contributed by atoms with Crippen LogP contribution in [0.15, 0.2) is 36.9 Å². The van der Waals surface area contributed by atoms with Crippen LogP contribution < -0.4 is 5.32 Å². The number of benzene rings is 1. The molecule has 6 nitrogen and oxygen atoms in total. The molecule has 1 aromatic carbocycles. The van der Waals surface area contributed by atoms with Gasteiger partial charge in [0.2, 0.25) is 0 Å². The van der Waals surface area contributed by atoms with Crippen LogP contribution in [-0.2, 0) is 6.54 Å². The summed E-state index contributed by atoms with van der Waals surface area (Å²) in [5, 5.41) is 11.4. The Morgan fingerprint density at radius 2 is 2.00 bits per heavy atom. The summed E-state index contributed by atoms with van der Waals surface area (Å²) in [5.41, 5.74) is 3.50. The third-order valence-electron chi connectivity index (χ3n) is 3.76. The normalized spacial score (nSPS) is 10.9. The van der Waals surface area contributed by atoms with Crippen LogP contribution in [0.25, 0.3) is 10.9 Å². The van der Waals surface area contributed by atoms with E-state index in [4.69, 9.17) is 0 Å². The molecule has 2 aromatic heterocycles. The van der Waals surface area contributed by atoms with E-state index < -0.39 is 0 Å². The van der Waals surface area contributed by atoms with Crippen molar-refractivity contribution >= 4 is 16.8 Å². The Morgan fingerprint density at radius 1 is 1.22 bits per heavy atom. The largest absolute Gasteiger partial charge is 0.352 e. The molecule has 23 heavy (non-hydrogen) atoms. The quantitative estimate of drug-likeness (QED) is 0.734. The van der Waals surface area contributed by atoms with Crippen molar-refractivity contribution < 1.29 is 4.79 Å². The summed E-state index contributed by atoms with van der Waals surface area (Å²) in [7, 11) is 0. The van der Waals surface area contributed by atoms with Gasteiger partial charge >= 0.3 is 0 Å². The molecule has 2 heterocycles. The highest BCUT2D eigenvalue weighted by atomic mass is 16.1. The minimum atomic E-state index is -0.0603. The number of aromatic nitrogens is 4. The van der Waals surface area contributed by atoms with Gasteiger partial charge in [-0.1, -0.05) is 18.2 Å². The molecule has 0 fully saturated rings. The van der Waals surface area contributed by atoms with Crippen LogP contribution in [0.5, 0.6) is 0 Å². The number of rotatable bonds is 5. The fraction of sp³-hybridized carbons (Fsp3) is 0.294. The summed E-state index contributed by atoms with van der Waals surface area (Å²) in [6.45, 7) is 5.30. The SMILES string of the molecule is Cc1cc(C(=O)NCCCn2cnnc2)c2cccc(C)c2n1. The average molecular weight is 309 g/mol. The molecule has 0 radical (unpaired) electrons. The zero-order chi connectivity index (χ0) is 16.2. The van der Waals surface area contributed by atoms with Gasteiger partial charge in [0.05, 0.1) is 11.1 Å². The minimum absolute atomic E-state index is 0.0603. The summed E-state index contributed by atoms with van der Waals surface area (Å²) < 4.78 is 1.89. The zero-order valence-corrected chi connectivity index (χ0v) is 13.3. The molecular weight excluding hydrogens is 290 g/mol. The Bertz CT molecular complexity index is 826. The average Bonchev–Trinajstić information content (AvgIpc) is 3.05. The molecular formula is C17H19N5O. The maximum absolute atomic E-state index is 12.5. The zero-order valence-electron chi connectivity index (χ0n) is 13.3. The highest BCUT2D eigenvalue weighted by molar-refractivity contribution is 6.06. The molecule has 3 aromatic rings. The van der Waals surface area contributed by atoms with Crippen LogP contribution in [0.2, 0.25) is 0 Å². The number of hydrogen-bond donors (Lipinski definition) is 1. The van der Waals surface area contributed by atoms with Gasteiger partial charge in [0.1, 0.15) is 12.7 Å². The number of hydrogen-bond acceptors (Lipinski definition) is 4. The van der Waals surface area contributed by atoms with E-state index in [0.717, 1.165) is 35.1 Å². The predicted molar refractivity (Wildman–Crippen MR) is 88.2 cm³/mol. The summed E-state index contributed by atoms with van der Waals surface area (Å²) in [6.07, 6.45) is 4.17. The van der Waals surface area contributed by atoms with Crippen LogP contribution >= 0.6 is 0 Å². The van der Waals surface area contributed by atoms with Gasteiger partial charge in [-0.3, -0.25) is 9.78 Å². The lowest BCUT2D eigenvalue weighted by atomic mass is 10.0. The van der Waals surface area contributed by atoms with Gasteiger partial charge in [-0.25, -0.2) is 0 Å². The highest BCUT2D eigenvalue weighted by Crippen LogP contribution is 2.21. The molecule has 118 valence electrons. The van der Waals surface area contributed by atoms with Gasteiger partial charge in [0, 0.05) is 24.2 Å². The van der Waals surface area contributed by atoms with Crippen LogP contribution in [0, 0.1) is 13.8 Å². The molecule has 1 amide bonds. The predicted octanol–water partition coefficient (Wildman–Crippen LogP) is 2.26. The van der Waals surface area contributed by atoms with Crippen LogP contribution in [0.4, 0.5) is 0 Å². The number of pyridine rings is 1. The van der Waals surface area contributed by atoms with E-state index in [9.17, 15) is 4.79 Å². The number of carbonyl (C=O) groups excluding carboxylic acids is 1. The Hall–Kier alpha value is -2.76. The molecule has 0 aliphatic rings. The molecule has 0 saturated carbocycles. The van der Waals surface area contributed by atoms with Gasteiger partial charge in [-0.15, -0.1) is 10.2 Å². The second-order valence-corrected chi connectivity index (χ2v) is 5.59. The van der Waals surface area contributed by atoms with Crippen molar-refractivity contribution in [1.29, 1.82) is 0 Å². The first-order valence-electron chi connectivity index (χ1n) is 7.63. The minimum Gasteiger partial charge on any atom is -0.352 e. The van der Waals surface area contributed by atoms with Crippen molar-refractivity contribution in [3.8, 4) is 0 Å². The Labute approximate surface area is 134 Å². The van der Waals surface area contributed by atoms with Crippen LogP contribution in [-0.4, -0.2) is 32.2 Å².